The Morgan fingerprint density at radius 3 is 2.79 bits per heavy atom. The van der Waals surface area contributed by atoms with Crippen LogP contribution in [-0.4, -0.2) is 19.2 Å². The third kappa shape index (κ3) is 3.95. The summed E-state index contributed by atoms with van der Waals surface area (Å²) in [4.78, 5) is 12.3. The van der Waals surface area contributed by atoms with E-state index in [2.05, 4.69) is 26.5 Å². The van der Waals surface area contributed by atoms with Crippen molar-refractivity contribution in [3.8, 4) is 17.1 Å². The third-order valence-electron chi connectivity index (χ3n) is 4.33. The van der Waals surface area contributed by atoms with Crippen LogP contribution in [0.25, 0.3) is 22.3 Å². The molecule has 2 aromatic carbocycles. The second-order valence-electron chi connectivity index (χ2n) is 6.37. The number of hydrogen-bond acceptors (Lipinski definition) is 5. The normalized spacial score (nSPS) is 11.3. The Bertz CT molecular complexity index is 1220. The van der Waals surface area contributed by atoms with E-state index in [4.69, 9.17) is 13.6 Å². The van der Waals surface area contributed by atoms with Crippen LogP contribution >= 0.6 is 15.9 Å². The van der Waals surface area contributed by atoms with Crippen LogP contribution in [0.5, 0.6) is 5.75 Å². The molecule has 0 bridgehead atoms. The quantitative estimate of drug-likeness (QED) is 0.318. The summed E-state index contributed by atoms with van der Waals surface area (Å²) in [5, 5.41) is 4.73. The zero-order valence-electron chi connectivity index (χ0n) is 15.7. The Labute approximate surface area is 175 Å². The van der Waals surface area contributed by atoms with Gasteiger partial charge in [-0.1, -0.05) is 34.1 Å². The lowest BCUT2D eigenvalue weighted by molar-refractivity contribution is 0.0929. The number of nitrogens with one attached hydrogen (secondary N) is 1. The highest BCUT2D eigenvalue weighted by molar-refractivity contribution is 9.10. The average Bonchev–Trinajstić information content (AvgIpc) is 3.34. The lowest BCUT2D eigenvalue weighted by atomic mass is 10.1. The second-order valence-corrected chi connectivity index (χ2v) is 7.23. The molecule has 146 valence electrons. The van der Waals surface area contributed by atoms with Gasteiger partial charge in [0.05, 0.1) is 13.3 Å². The van der Waals surface area contributed by atoms with E-state index >= 15 is 0 Å². The maximum Gasteiger partial charge on any atom is 0.307 e. The molecule has 0 saturated carbocycles. The van der Waals surface area contributed by atoms with E-state index in [0.29, 0.717) is 22.9 Å². The first-order chi connectivity index (χ1) is 14.0. The van der Waals surface area contributed by atoms with Crippen molar-refractivity contribution >= 4 is 39.0 Å². The number of furan rings is 2. The van der Waals surface area contributed by atoms with Gasteiger partial charge in [-0.3, -0.25) is 4.79 Å². The number of para-hydroxylation sites is 1. The highest BCUT2D eigenvalue weighted by atomic mass is 79.9. The Morgan fingerprint density at radius 2 is 2.00 bits per heavy atom. The molecule has 0 aliphatic rings. The molecule has 7 heteroatoms. The molecule has 4 rings (SSSR count). The van der Waals surface area contributed by atoms with Crippen molar-refractivity contribution < 1.29 is 18.4 Å². The van der Waals surface area contributed by atoms with Gasteiger partial charge < -0.3 is 13.6 Å². The number of rotatable bonds is 5. The summed E-state index contributed by atoms with van der Waals surface area (Å²) < 4.78 is 17.6. The van der Waals surface area contributed by atoms with Crippen LogP contribution in [0, 0.1) is 6.92 Å². The average molecular weight is 453 g/mol. The van der Waals surface area contributed by atoms with E-state index in [1.807, 2.05) is 43.3 Å². The van der Waals surface area contributed by atoms with Gasteiger partial charge in [0.25, 0.3) is 0 Å². The van der Waals surface area contributed by atoms with E-state index in [-0.39, 0.29) is 5.76 Å². The second kappa shape index (κ2) is 7.97. The number of methoxy groups -OCH3 is 1. The largest absolute Gasteiger partial charge is 0.493 e. The maximum atomic E-state index is 12.3. The van der Waals surface area contributed by atoms with Crippen molar-refractivity contribution in [3.63, 3.8) is 0 Å². The smallest absolute Gasteiger partial charge is 0.307 e. The summed E-state index contributed by atoms with van der Waals surface area (Å²) >= 11 is 3.55. The molecule has 2 heterocycles. The number of fused-ring (bicyclic) bond motifs is 1. The molecule has 0 aliphatic heterocycles. The number of nitrogens with zero attached hydrogens (tertiary/aromatic N) is 1. The zero-order valence-corrected chi connectivity index (χ0v) is 17.3. The van der Waals surface area contributed by atoms with Crippen molar-refractivity contribution in [2.75, 3.05) is 7.11 Å². The molecule has 0 fully saturated rings. The van der Waals surface area contributed by atoms with Crippen LogP contribution in [0.4, 0.5) is 0 Å². The van der Waals surface area contributed by atoms with Gasteiger partial charge in [-0.25, -0.2) is 5.43 Å². The van der Waals surface area contributed by atoms with Gasteiger partial charge in [-0.2, -0.15) is 5.10 Å². The molecular weight excluding hydrogens is 436 g/mol. The van der Waals surface area contributed by atoms with Crippen LogP contribution in [0.3, 0.4) is 0 Å². The van der Waals surface area contributed by atoms with Gasteiger partial charge in [-0.05, 0) is 48.9 Å². The molecule has 0 atom stereocenters. The first kappa shape index (κ1) is 19.0. The summed E-state index contributed by atoms with van der Waals surface area (Å²) in [6, 6.07) is 16.7. The molecule has 0 unspecified atom stereocenters. The van der Waals surface area contributed by atoms with Crippen LogP contribution in [0.2, 0.25) is 0 Å². The molecule has 0 aliphatic carbocycles. The first-order valence-corrected chi connectivity index (χ1v) is 9.61. The van der Waals surface area contributed by atoms with Gasteiger partial charge in [0.1, 0.15) is 11.5 Å². The molecular formula is C22H17BrN2O4. The van der Waals surface area contributed by atoms with E-state index in [0.717, 1.165) is 21.0 Å². The fraction of sp³-hybridized carbons (Fsp3) is 0.0909. The Balaban J connectivity index is 1.47. The molecule has 6 nitrogen and oxygen atoms in total. The highest BCUT2D eigenvalue weighted by Gasteiger charge is 2.14. The van der Waals surface area contributed by atoms with Gasteiger partial charge in [0.2, 0.25) is 0 Å². The number of carbonyl (C=O) groups is 1. The predicted octanol–water partition coefficient (Wildman–Crippen LogP) is 5.54. The van der Waals surface area contributed by atoms with Gasteiger partial charge >= 0.3 is 5.91 Å². The molecule has 0 saturated heterocycles. The van der Waals surface area contributed by atoms with Crippen molar-refractivity contribution in [1.29, 1.82) is 0 Å². The number of hydrazone groups is 1. The van der Waals surface area contributed by atoms with Gasteiger partial charge in [0.15, 0.2) is 17.1 Å². The standard InChI is InChI=1S/C22H17BrN2O4/c1-13-6-8-16(17(23)10-13)18-9-7-15(28-18)12-24-25-22(26)20-11-14-4-3-5-19(27-2)21(14)29-20/h3-12H,1-2H3,(H,25,26)/b24-12-. The summed E-state index contributed by atoms with van der Waals surface area (Å²) in [5.74, 6) is 1.46. The molecule has 1 amide bonds. The van der Waals surface area contributed by atoms with E-state index in [1.165, 1.54) is 6.21 Å². The molecule has 2 aromatic heterocycles. The number of benzene rings is 2. The monoisotopic (exact) mass is 452 g/mol. The first-order valence-electron chi connectivity index (χ1n) is 8.81. The molecule has 0 spiro atoms. The minimum Gasteiger partial charge on any atom is -0.493 e. The molecule has 1 N–H and O–H groups in total. The Morgan fingerprint density at radius 1 is 1.14 bits per heavy atom. The Kier molecular flexibility index (Phi) is 5.22. The van der Waals surface area contributed by atoms with E-state index < -0.39 is 5.91 Å². The number of amides is 1. The van der Waals surface area contributed by atoms with Crippen LogP contribution in [0.1, 0.15) is 21.9 Å². The topological polar surface area (TPSA) is 77.0 Å². The molecule has 0 radical (unpaired) electrons. The Hall–Kier alpha value is -3.32. The highest BCUT2D eigenvalue weighted by Crippen LogP contribution is 2.30. The van der Waals surface area contributed by atoms with Gasteiger partial charge in [0, 0.05) is 15.4 Å². The lowest BCUT2D eigenvalue weighted by Gasteiger charge is -2.01. The molecule has 4 aromatic rings. The number of aryl methyl sites for hydroxylation is 1. The van der Waals surface area contributed by atoms with E-state index in [9.17, 15) is 4.79 Å². The SMILES string of the molecule is COc1cccc2cc(C(=O)N/N=C\c3ccc(-c4ccc(C)cc4Br)o3)oc12. The minimum atomic E-state index is -0.465. The number of hydrogen-bond donors (Lipinski definition) is 1. The molecule has 29 heavy (non-hydrogen) atoms. The number of halogens is 1. The third-order valence-corrected chi connectivity index (χ3v) is 4.98. The predicted molar refractivity (Wildman–Crippen MR) is 114 cm³/mol. The van der Waals surface area contributed by atoms with E-state index in [1.54, 1.807) is 25.3 Å². The van der Waals surface area contributed by atoms with Crippen molar-refractivity contribution in [2.24, 2.45) is 5.10 Å². The van der Waals surface area contributed by atoms with Crippen LogP contribution < -0.4 is 10.2 Å². The van der Waals surface area contributed by atoms with Crippen molar-refractivity contribution in [1.82, 2.24) is 5.43 Å². The maximum absolute atomic E-state index is 12.3. The summed E-state index contributed by atoms with van der Waals surface area (Å²) in [7, 11) is 1.55. The summed E-state index contributed by atoms with van der Waals surface area (Å²) in [5.41, 5.74) is 5.05. The summed E-state index contributed by atoms with van der Waals surface area (Å²) in [6.07, 6.45) is 1.44. The van der Waals surface area contributed by atoms with Crippen LogP contribution in [0.15, 0.2) is 73.0 Å². The van der Waals surface area contributed by atoms with Crippen LogP contribution in [-0.2, 0) is 0 Å². The fourth-order valence-corrected chi connectivity index (χ4v) is 3.59. The number of carbonyl (C=O) groups excluding carboxylic acids is 1. The lowest BCUT2D eigenvalue weighted by Crippen LogP contribution is -2.16. The minimum absolute atomic E-state index is 0.144. The van der Waals surface area contributed by atoms with Crippen molar-refractivity contribution in [2.45, 2.75) is 6.92 Å². The summed E-state index contributed by atoms with van der Waals surface area (Å²) in [6.45, 7) is 2.02. The zero-order chi connectivity index (χ0) is 20.4. The van der Waals surface area contributed by atoms with Gasteiger partial charge in [-0.15, -0.1) is 0 Å². The fourth-order valence-electron chi connectivity index (χ4n) is 2.91. The van der Waals surface area contributed by atoms with Crippen molar-refractivity contribution in [3.05, 3.63) is 76.2 Å². The number of ether oxygens (including phenoxy) is 1.